The minimum atomic E-state index is -0.255. The number of thiophene rings is 1. The van der Waals surface area contributed by atoms with Crippen molar-refractivity contribution in [2.75, 3.05) is 19.1 Å². The Hall–Kier alpha value is -3.69. The van der Waals surface area contributed by atoms with Gasteiger partial charge in [0.15, 0.2) is 5.11 Å². The maximum atomic E-state index is 5.83. The van der Waals surface area contributed by atoms with E-state index in [1.165, 1.54) is 0 Å². The minimum absolute atomic E-state index is 0.255. The second kappa shape index (κ2) is 9.28. The van der Waals surface area contributed by atoms with Gasteiger partial charge in [-0.3, -0.25) is 4.90 Å². The van der Waals surface area contributed by atoms with Crippen molar-refractivity contribution in [2.45, 2.75) is 13.0 Å². The molecule has 7 nitrogen and oxygen atoms in total. The Bertz CT molecular complexity index is 1330. The van der Waals surface area contributed by atoms with Crippen molar-refractivity contribution in [3.05, 3.63) is 83.2 Å². The van der Waals surface area contributed by atoms with E-state index in [0.29, 0.717) is 28.3 Å². The van der Waals surface area contributed by atoms with Crippen LogP contribution in [0.5, 0.6) is 11.5 Å². The van der Waals surface area contributed by atoms with Crippen LogP contribution in [-0.4, -0.2) is 29.5 Å². The highest BCUT2D eigenvalue weighted by molar-refractivity contribution is 7.80. The molecule has 1 aliphatic heterocycles. The molecule has 1 aliphatic rings. The molecule has 0 fully saturated rings. The molecule has 34 heavy (non-hydrogen) atoms. The SMILES string of the molecule is COc1cc(OC)cc(N2C(=S)NC(c3ccccc3)C(c3nc(-c4cccs4)no3)=C2C)c1. The van der Waals surface area contributed by atoms with Gasteiger partial charge < -0.3 is 19.3 Å². The summed E-state index contributed by atoms with van der Waals surface area (Å²) in [4.78, 5) is 7.62. The Kier molecular flexibility index (Phi) is 6.04. The van der Waals surface area contributed by atoms with Crippen molar-refractivity contribution in [3.8, 4) is 22.2 Å². The minimum Gasteiger partial charge on any atom is -0.497 e. The van der Waals surface area contributed by atoms with E-state index in [0.717, 1.165) is 27.4 Å². The lowest BCUT2D eigenvalue weighted by Crippen LogP contribution is -2.46. The smallest absolute Gasteiger partial charge is 0.258 e. The second-order valence-corrected chi connectivity index (χ2v) is 8.93. The molecule has 9 heteroatoms. The largest absolute Gasteiger partial charge is 0.497 e. The molecular formula is C25H22N4O3S2. The van der Waals surface area contributed by atoms with E-state index < -0.39 is 0 Å². The molecule has 1 N–H and O–H groups in total. The van der Waals surface area contributed by atoms with Crippen LogP contribution in [0, 0.1) is 0 Å². The molecule has 2 aromatic carbocycles. The normalized spacial score (nSPS) is 15.9. The van der Waals surface area contributed by atoms with Crippen molar-refractivity contribution in [2.24, 2.45) is 0 Å². The molecule has 2 aromatic heterocycles. The number of anilines is 1. The molecule has 0 aliphatic carbocycles. The summed E-state index contributed by atoms with van der Waals surface area (Å²) in [5.41, 5.74) is 3.55. The summed E-state index contributed by atoms with van der Waals surface area (Å²) in [6, 6.07) is 19.4. The highest BCUT2D eigenvalue weighted by atomic mass is 32.1. The first kappa shape index (κ1) is 22.1. The van der Waals surface area contributed by atoms with E-state index in [1.54, 1.807) is 25.6 Å². The Morgan fingerprint density at radius 3 is 2.41 bits per heavy atom. The van der Waals surface area contributed by atoms with Crippen LogP contribution >= 0.6 is 23.6 Å². The zero-order valence-corrected chi connectivity index (χ0v) is 20.4. The summed E-state index contributed by atoms with van der Waals surface area (Å²) in [6.45, 7) is 2.00. The van der Waals surface area contributed by atoms with Gasteiger partial charge in [0.1, 0.15) is 11.5 Å². The lowest BCUT2D eigenvalue weighted by atomic mass is 9.94. The Morgan fingerprint density at radius 1 is 1.03 bits per heavy atom. The standard InChI is InChI=1S/C25H22N4O3S2/c1-15-21(24-27-23(28-32-24)20-10-7-11-34-20)22(16-8-5-4-6-9-16)26-25(33)29(15)17-12-18(30-2)14-19(13-17)31-3/h4-14,22H,1-3H3,(H,26,33). The van der Waals surface area contributed by atoms with Gasteiger partial charge >= 0.3 is 0 Å². The molecule has 3 heterocycles. The fourth-order valence-electron chi connectivity index (χ4n) is 3.99. The first-order valence-corrected chi connectivity index (χ1v) is 11.8. The van der Waals surface area contributed by atoms with Gasteiger partial charge in [-0.05, 0) is 36.2 Å². The zero-order chi connectivity index (χ0) is 23.7. The maximum Gasteiger partial charge on any atom is 0.258 e. The lowest BCUT2D eigenvalue weighted by molar-refractivity contribution is 0.394. The number of methoxy groups -OCH3 is 2. The van der Waals surface area contributed by atoms with Crippen LogP contribution in [0.3, 0.4) is 0 Å². The second-order valence-electron chi connectivity index (χ2n) is 7.60. The maximum absolute atomic E-state index is 5.83. The summed E-state index contributed by atoms with van der Waals surface area (Å²) >= 11 is 7.39. The van der Waals surface area contributed by atoms with E-state index in [2.05, 4.69) is 10.5 Å². The number of hydrogen-bond acceptors (Lipinski definition) is 7. The van der Waals surface area contributed by atoms with Gasteiger partial charge in [-0.25, -0.2) is 0 Å². The average Bonchev–Trinajstić information content (AvgIpc) is 3.56. The van der Waals surface area contributed by atoms with Crippen molar-refractivity contribution < 1.29 is 14.0 Å². The van der Waals surface area contributed by atoms with Gasteiger partial charge in [-0.15, -0.1) is 11.3 Å². The molecule has 172 valence electrons. The topological polar surface area (TPSA) is 72.7 Å². The molecule has 0 amide bonds. The van der Waals surface area contributed by atoms with Crippen molar-refractivity contribution in [1.29, 1.82) is 0 Å². The van der Waals surface area contributed by atoms with Gasteiger partial charge in [0.25, 0.3) is 5.89 Å². The number of nitrogens with one attached hydrogen (secondary N) is 1. The van der Waals surface area contributed by atoms with E-state index in [9.17, 15) is 0 Å². The van der Waals surface area contributed by atoms with Crippen LogP contribution in [0.25, 0.3) is 16.3 Å². The lowest BCUT2D eigenvalue weighted by Gasteiger charge is -2.37. The molecule has 0 saturated carbocycles. The zero-order valence-electron chi connectivity index (χ0n) is 18.8. The highest BCUT2D eigenvalue weighted by Crippen LogP contribution is 2.40. The van der Waals surface area contributed by atoms with Gasteiger partial charge in [-0.1, -0.05) is 41.6 Å². The number of allylic oxidation sites excluding steroid dienone is 1. The van der Waals surface area contributed by atoms with Crippen LogP contribution in [0.1, 0.15) is 24.4 Å². The third-order valence-electron chi connectivity index (χ3n) is 5.61. The fourth-order valence-corrected chi connectivity index (χ4v) is 5.00. The van der Waals surface area contributed by atoms with Crippen LogP contribution in [0.4, 0.5) is 5.69 Å². The first-order valence-electron chi connectivity index (χ1n) is 10.6. The number of nitrogens with zero attached hydrogens (tertiary/aromatic N) is 3. The van der Waals surface area contributed by atoms with Crippen molar-refractivity contribution in [3.63, 3.8) is 0 Å². The summed E-state index contributed by atoms with van der Waals surface area (Å²) < 4.78 is 16.7. The third kappa shape index (κ3) is 4.04. The molecule has 0 saturated heterocycles. The van der Waals surface area contributed by atoms with Crippen molar-refractivity contribution in [1.82, 2.24) is 15.5 Å². The number of thiocarbonyl (C=S) groups is 1. The third-order valence-corrected chi connectivity index (χ3v) is 6.78. The summed E-state index contributed by atoms with van der Waals surface area (Å²) in [7, 11) is 3.24. The molecule has 4 aromatic rings. The Balaban J connectivity index is 1.67. The predicted octanol–water partition coefficient (Wildman–Crippen LogP) is 5.68. The molecule has 0 bridgehead atoms. The molecule has 1 unspecified atom stereocenters. The van der Waals surface area contributed by atoms with Crippen LogP contribution in [-0.2, 0) is 0 Å². The number of rotatable bonds is 6. The average molecular weight is 491 g/mol. The number of ether oxygens (including phenoxy) is 2. The van der Waals surface area contributed by atoms with E-state index in [1.807, 2.05) is 77.9 Å². The quantitative estimate of drug-likeness (QED) is 0.346. The molecule has 5 rings (SSSR count). The van der Waals surface area contributed by atoms with E-state index in [4.69, 9.17) is 31.2 Å². The Labute approximate surface area is 206 Å². The molecule has 0 spiro atoms. The molecular weight excluding hydrogens is 468 g/mol. The van der Waals surface area contributed by atoms with Crippen molar-refractivity contribution >= 4 is 39.9 Å². The number of benzene rings is 2. The highest BCUT2D eigenvalue weighted by Gasteiger charge is 2.35. The first-order chi connectivity index (χ1) is 16.6. The van der Waals surface area contributed by atoms with Gasteiger partial charge in [0, 0.05) is 23.9 Å². The molecule has 1 atom stereocenters. The number of aromatic nitrogens is 2. The van der Waals surface area contributed by atoms with Crippen LogP contribution < -0.4 is 19.7 Å². The van der Waals surface area contributed by atoms with E-state index in [-0.39, 0.29) is 6.04 Å². The summed E-state index contributed by atoms with van der Waals surface area (Å²) in [5, 5.41) is 10.2. The summed E-state index contributed by atoms with van der Waals surface area (Å²) in [6.07, 6.45) is 0. The monoisotopic (exact) mass is 490 g/mol. The number of hydrogen-bond donors (Lipinski definition) is 1. The fraction of sp³-hybridized carbons (Fsp3) is 0.160. The summed E-state index contributed by atoms with van der Waals surface area (Å²) in [5.74, 6) is 2.31. The Morgan fingerprint density at radius 2 is 1.76 bits per heavy atom. The van der Waals surface area contributed by atoms with Gasteiger partial charge in [0.2, 0.25) is 5.82 Å². The van der Waals surface area contributed by atoms with Crippen LogP contribution in [0.15, 0.2) is 76.3 Å². The molecule has 0 radical (unpaired) electrons. The van der Waals surface area contributed by atoms with Gasteiger partial charge in [0.05, 0.1) is 36.4 Å². The predicted molar refractivity (Wildman–Crippen MR) is 137 cm³/mol. The van der Waals surface area contributed by atoms with Gasteiger partial charge in [-0.2, -0.15) is 4.98 Å². The van der Waals surface area contributed by atoms with E-state index >= 15 is 0 Å². The van der Waals surface area contributed by atoms with Crippen LogP contribution in [0.2, 0.25) is 0 Å².